The third-order valence-electron chi connectivity index (χ3n) is 5.80. The Balaban J connectivity index is 1.39. The van der Waals surface area contributed by atoms with Gasteiger partial charge in [0.25, 0.3) is 5.91 Å². The average Bonchev–Trinajstić information content (AvgIpc) is 2.72. The van der Waals surface area contributed by atoms with Crippen molar-refractivity contribution in [2.24, 2.45) is 5.92 Å². The van der Waals surface area contributed by atoms with Crippen LogP contribution >= 0.6 is 11.6 Å². The van der Waals surface area contributed by atoms with E-state index in [1.54, 1.807) is 4.90 Å². The van der Waals surface area contributed by atoms with Crippen LogP contribution in [0.2, 0.25) is 5.02 Å². The number of anilines is 2. The molecule has 8 nitrogen and oxygen atoms in total. The Kier molecular flexibility index (Phi) is 6.68. The lowest BCUT2D eigenvalue weighted by molar-refractivity contribution is -0.137. The van der Waals surface area contributed by atoms with Crippen LogP contribution in [0.5, 0.6) is 0 Å². The van der Waals surface area contributed by atoms with Crippen LogP contribution in [0.1, 0.15) is 48.2 Å². The number of carbonyl (C=O) groups is 2. The number of hydrogen-bond acceptors (Lipinski definition) is 6. The maximum atomic E-state index is 12.9. The lowest BCUT2D eigenvalue weighted by Crippen LogP contribution is -2.48. The molecule has 3 heterocycles. The van der Waals surface area contributed by atoms with Gasteiger partial charge in [0.15, 0.2) is 0 Å². The van der Waals surface area contributed by atoms with Gasteiger partial charge in [-0.05, 0) is 37.8 Å². The minimum absolute atomic E-state index is 0.0371. The summed E-state index contributed by atoms with van der Waals surface area (Å²) in [5.41, 5.74) is -0.807. The lowest BCUT2D eigenvalue weighted by atomic mass is 9.85. The standard InChI is InChI=1S/C21H22ClF3N6O2/c22-15-9-13(21(23,24)25)10-27-17(15)31-8-2-5-14(11-31)28-19(33)16-6-7-26-20(29-16)30-18(32)12-3-1-4-12/h6-7,9-10,12,14H,1-5,8,11H2,(H,28,33)(H,26,29,30,32)/t14-/m1/s1. The van der Waals surface area contributed by atoms with Gasteiger partial charge >= 0.3 is 6.18 Å². The minimum Gasteiger partial charge on any atom is -0.353 e. The van der Waals surface area contributed by atoms with Gasteiger partial charge in [-0.15, -0.1) is 0 Å². The monoisotopic (exact) mass is 482 g/mol. The minimum atomic E-state index is -4.53. The highest BCUT2D eigenvalue weighted by Gasteiger charge is 2.33. The molecule has 1 aliphatic carbocycles. The molecule has 1 saturated heterocycles. The van der Waals surface area contributed by atoms with Crippen molar-refractivity contribution in [2.45, 2.75) is 44.3 Å². The molecule has 1 atom stereocenters. The molecule has 12 heteroatoms. The molecule has 4 rings (SSSR count). The predicted octanol–water partition coefficient (Wildman–Crippen LogP) is 3.68. The number of nitrogens with zero attached hydrogens (tertiary/aromatic N) is 4. The number of rotatable bonds is 5. The number of aromatic nitrogens is 3. The molecular weight excluding hydrogens is 461 g/mol. The summed E-state index contributed by atoms with van der Waals surface area (Å²) < 4.78 is 38.6. The van der Waals surface area contributed by atoms with Crippen molar-refractivity contribution in [3.63, 3.8) is 0 Å². The number of hydrogen-bond donors (Lipinski definition) is 2. The summed E-state index contributed by atoms with van der Waals surface area (Å²) in [6.45, 7) is 0.884. The first-order valence-electron chi connectivity index (χ1n) is 10.6. The highest BCUT2D eigenvalue weighted by atomic mass is 35.5. The Bertz CT molecular complexity index is 1050. The van der Waals surface area contributed by atoms with E-state index in [1.165, 1.54) is 12.3 Å². The summed E-state index contributed by atoms with van der Waals surface area (Å²) in [6, 6.07) is 2.02. The SMILES string of the molecule is O=C(N[C@@H]1CCCN(c2ncc(C(F)(F)F)cc2Cl)C1)c1ccnc(NC(=O)C2CCC2)n1. The molecule has 0 aromatic carbocycles. The van der Waals surface area contributed by atoms with E-state index < -0.39 is 17.6 Å². The first-order valence-corrected chi connectivity index (χ1v) is 11.0. The third-order valence-corrected chi connectivity index (χ3v) is 6.08. The van der Waals surface area contributed by atoms with Crippen molar-refractivity contribution in [3.8, 4) is 0 Å². The van der Waals surface area contributed by atoms with Gasteiger partial charge in [0.05, 0.1) is 10.6 Å². The third kappa shape index (κ3) is 5.52. The van der Waals surface area contributed by atoms with Gasteiger partial charge in [0.2, 0.25) is 11.9 Å². The van der Waals surface area contributed by atoms with Crippen LogP contribution in [0.4, 0.5) is 24.9 Å². The normalized spacial score (nSPS) is 19.0. The zero-order valence-corrected chi connectivity index (χ0v) is 18.3. The van der Waals surface area contributed by atoms with E-state index in [1.807, 2.05) is 0 Å². The number of alkyl halides is 3. The maximum absolute atomic E-state index is 12.9. The smallest absolute Gasteiger partial charge is 0.353 e. The van der Waals surface area contributed by atoms with Crippen LogP contribution in [0.15, 0.2) is 24.5 Å². The fourth-order valence-corrected chi connectivity index (χ4v) is 4.08. The van der Waals surface area contributed by atoms with E-state index in [2.05, 4.69) is 25.6 Å². The van der Waals surface area contributed by atoms with E-state index in [9.17, 15) is 22.8 Å². The zero-order valence-electron chi connectivity index (χ0n) is 17.5. The molecular formula is C21H22ClF3N6O2. The summed E-state index contributed by atoms with van der Waals surface area (Å²) in [5.74, 6) is -0.306. The van der Waals surface area contributed by atoms with Crippen molar-refractivity contribution < 1.29 is 22.8 Å². The summed E-state index contributed by atoms with van der Waals surface area (Å²) in [7, 11) is 0. The molecule has 0 spiro atoms. The molecule has 2 amide bonds. The molecule has 176 valence electrons. The quantitative estimate of drug-likeness (QED) is 0.674. The highest BCUT2D eigenvalue weighted by molar-refractivity contribution is 6.33. The van der Waals surface area contributed by atoms with Crippen molar-refractivity contribution in [2.75, 3.05) is 23.3 Å². The van der Waals surface area contributed by atoms with Crippen molar-refractivity contribution in [3.05, 3.63) is 40.8 Å². The van der Waals surface area contributed by atoms with Gasteiger partial charge < -0.3 is 10.2 Å². The zero-order chi connectivity index (χ0) is 23.6. The molecule has 2 aromatic rings. The Morgan fingerprint density at radius 3 is 2.61 bits per heavy atom. The molecule has 2 aromatic heterocycles. The predicted molar refractivity (Wildman–Crippen MR) is 115 cm³/mol. The molecule has 0 radical (unpaired) electrons. The molecule has 2 fully saturated rings. The van der Waals surface area contributed by atoms with Gasteiger partial charge in [-0.1, -0.05) is 18.0 Å². The van der Waals surface area contributed by atoms with Gasteiger partial charge in [-0.25, -0.2) is 15.0 Å². The summed E-state index contributed by atoms with van der Waals surface area (Å²) >= 11 is 6.07. The van der Waals surface area contributed by atoms with E-state index in [4.69, 9.17) is 11.6 Å². The van der Waals surface area contributed by atoms with Crippen LogP contribution in [0, 0.1) is 5.92 Å². The van der Waals surface area contributed by atoms with Gasteiger partial charge in [-0.2, -0.15) is 13.2 Å². The van der Waals surface area contributed by atoms with Gasteiger partial charge in [-0.3, -0.25) is 14.9 Å². The Morgan fingerprint density at radius 2 is 1.94 bits per heavy atom. The summed E-state index contributed by atoms with van der Waals surface area (Å²) in [5, 5.41) is 5.42. The van der Waals surface area contributed by atoms with E-state index in [0.717, 1.165) is 31.5 Å². The van der Waals surface area contributed by atoms with Crippen LogP contribution < -0.4 is 15.5 Å². The van der Waals surface area contributed by atoms with Gasteiger partial charge in [0, 0.05) is 37.4 Å². The summed E-state index contributed by atoms with van der Waals surface area (Å²) in [4.78, 5) is 38.6. The number of amides is 2. The maximum Gasteiger partial charge on any atom is 0.417 e. The molecule has 0 unspecified atom stereocenters. The first kappa shape index (κ1) is 23.2. The van der Waals surface area contributed by atoms with Crippen LogP contribution in [0.25, 0.3) is 0 Å². The largest absolute Gasteiger partial charge is 0.417 e. The number of piperidine rings is 1. The fourth-order valence-electron chi connectivity index (χ4n) is 3.79. The van der Waals surface area contributed by atoms with Crippen LogP contribution in [-0.2, 0) is 11.0 Å². The Morgan fingerprint density at radius 1 is 1.15 bits per heavy atom. The van der Waals surface area contributed by atoms with E-state index in [0.29, 0.717) is 25.9 Å². The molecule has 1 saturated carbocycles. The van der Waals surface area contributed by atoms with Crippen LogP contribution in [-0.4, -0.2) is 45.9 Å². The number of pyridine rings is 1. The second kappa shape index (κ2) is 9.50. The molecule has 33 heavy (non-hydrogen) atoms. The fraction of sp³-hybridized carbons (Fsp3) is 0.476. The molecule has 1 aliphatic heterocycles. The van der Waals surface area contributed by atoms with Gasteiger partial charge in [0.1, 0.15) is 11.5 Å². The van der Waals surface area contributed by atoms with E-state index in [-0.39, 0.29) is 40.3 Å². The van der Waals surface area contributed by atoms with Crippen molar-refractivity contribution >= 4 is 35.2 Å². The number of halogens is 4. The highest BCUT2D eigenvalue weighted by Crippen LogP contribution is 2.34. The second-order valence-electron chi connectivity index (χ2n) is 8.17. The Hall–Kier alpha value is -2.95. The number of nitrogens with one attached hydrogen (secondary N) is 2. The van der Waals surface area contributed by atoms with Crippen molar-refractivity contribution in [1.82, 2.24) is 20.3 Å². The van der Waals surface area contributed by atoms with Crippen LogP contribution in [0.3, 0.4) is 0 Å². The topological polar surface area (TPSA) is 100 Å². The first-order chi connectivity index (χ1) is 15.7. The Labute approximate surface area is 192 Å². The average molecular weight is 483 g/mol. The summed E-state index contributed by atoms with van der Waals surface area (Å²) in [6.07, 6.45) is 1.69. The lowest BCUT2D eigenvalue weighted by Gasteiger charge is -2.34. The molecule has 2 N–H and O–H groups in total. The molecule has 2 aliphatic rings. The molecule has 0 bridgehead atoms. The second-order valence-corrected chi connectivity index (χ2v) is 8.58. The van der Waals surface area contributed by atoms with Crippen molar-refractivity contribution in [1.29, 1.82) is 0 Å². The van der Waals surface area contributed by atoms with E-state index >= 15 is 0 Å². The number of carbonyl (C=O) groups excluding carboxylic acids is 2.